The molecule has 0 aliphatic carbocycles. The van der Waals surface area contributed by atoms with Crippen molar-refractivity contribution in [2.75, 3.05) is 6.61 Å². The Balaban J connectivity index is 3.09. The lowest BCUT2D eigenvalue weighted by atomic mass is 10.2. The van der Waals surface area contributed by atoms with Crippen LogP contribution in [0.15, 0.2) is 12.1 Å². The fourth-order valence-corrected chi connectivity index (χ4v) is 1.86. The van der Waals surface area contributed by atoms with Gasteiger partial charge in [-0.15, -0.1) is 0 Å². The average Bonchev–Trinajstić information content (AvgIpc) is 2.14. The third kappa shape index (κ3) is 3.33. The summed E-state index contributed by atoms with van der Waals surface area (Å²) in [7, 11) is 0. The summed E-state index contributed by atoms with van der Waals surface area (Å²) in [5.74, 6) is -1.24. The molecule has 1 aromatic rings. The van der Waals surface area contributed by atoms with Crippen LogP contribution in [0.25, 0.3) is 0 Å². The van der Waals surface area contributed by atoms with Crippen molar-refractivity contribution in [3.8, 4) is 5.75 Å². The largest absolute Gasteiger partial charge is 0.491 e. The van der Waals surface area contributed by atoms with E-state index >= 15 is 0 Å². The summed E-state index contributed by atoms with van der Waals surface area (Å²) in [6.07, 6.45) is 0. The highest BCUT2D eigenvalue weighted by Crippen LogP contribution is 2.27. The molecule has 0 unspecified atom stereocenters. The number of carboxylic acids is 1. The molecule has 0 radical (unpaired) electrons. The fourth-order valence-electron chi connectivity index (χ4n) is 1.12. The number of benzene rings is 1. The van der Waals surface area contributed by atoms with Gasteiger partial charge in [0.05, 0.1) is 10.2 Å². The standard InChI is InChI=1S/C11H12FIO3/c1-6(2)5-16-10-8(11(14)15)3-7(12)4-9(10)13/h3-4,6H,5H2,1-2H3,(H,14,15). The van der Waals surface area contributed by atoms with Gasteiger partial charge in [0, 0.05) is 0 Å². The quantitative estimate of drug-likeness (QED) is 0.858. The summed E-state index contributed by atoms with van der Waals surface area (Å²) in [6, 6.07) is 2.23. The summed E-state index contributed by atoms with van der Waals surface area (Å²) in [5.41, 5.74) is -0.134. The first kappa shape index (κ1) is 13.2. The molecule has 0 saturated carbocycles. The molecule has 0 fully saturated rings. The molecule has 0 saturated heterocycles. The molecule has 0 aromatic heterocycles. The SMILES string of the molecule is CC(C)COc1c(I)cc(F)cc1C(=O)O. The Labute approximate surface area is 107 Å². The van der Waals surface area contributed by atoms with Gasteiger partial charge in [0.15, 0.2) is 0 Å². The Morgan fingerprint density at radius 1 is 1.56 bits per heavy atom. The molecule has 0 aliphatic heterocycles. The predicted octanol–water partition coefficient (Wildman–Crippen LogP) is 3.16. The minimum absolute atomic E-state index is 0.134. The van der Waals surface area contributed by atoms with Gasteiger partial charge >= 0.3 is 5.97 Å². The predicted molar refractivity (Wildman–Crippen MR) is 66.4 cm³/mol. The van der Waals surface area contributed by atoms with Gasteiger partial charge in [-0.2, -0.15) is 0 Å². The van der Waals surface area contributed by atoms with Gasteiger partial charge in [0.2, 0.25) is 0 Å². The first-order valence-corrected chi connectivity index (χ1v) is 5.84. The van der Waals surface area contributed by atoms with Gasteiger partial charge < -0.3 is 9.84 Å². The van der Waals surface area contributed by atoms with Crippen LogP contribution in [0.5, 0.6) is 5.75 Å². The minimum Gasteiger partial charge on any atom is -0.491 e. The summed E-state index contributed by atoms with van der Waals surface area (Å²) in [6.45, 7) is 4.32. The molecule has 88 valence electrons. The molecular weight excluding hydrogens is 326 g/mol. The zero-order chi connectivity index (χ0) is 12.3. The number of carbonyl (C=O) groups is 1. The summed E-state index contributed by atoms with van der Waals surface area (Å²) < 4.78 is 18.9. The van der Waals surface area contributed by atoms with Crippen molar-refractivity contribution in [1.29, 1.82) is 0 Å². The monoisotopic (exact) mass is 338 g/mol. The van der Waals surface area contributed by atoms with Crippen molar-refractivity contribution in [1.82, 2.24) is 0 Å². The number of ether oxygens (including phenoxy) is 1. The van der Waals surface area contributed by atoms with E-state index in [0.717, 1.165) is 6.07 Å². The van der Waals surface area contributed by atoms with E-state index in [2.05, 4.69) is 0 Å². The maximum Gasteiger partial charge on any atom is 0.339 e. The van der Waals surface area contributed by atoms with E-state index in [0.29, 0.717) is 10.2 Å². The number of rotatable bonds is 4. The Kier molecular flexibility index (Phi) is 4.52. The van der Waals surface area contributed by atoms with Gasteiger partial charge in [-0.1, -0.05) is 13.8 Å². The normalized spacial score (nSPS) is 10.6. The zero-order valence-electron chi connectivity index (χ0n) is 8.96. The second-order valence-corrected chi connectivity index (χ2v) is 4.94. The van der Waals surface area contributed by atoms with Crippen molar-refractivity contribution in [3.63, 3.8) is 0 Å². The van der Waals surface area contributed by atoms with E-state index < -0.39 is 11.8 Å². The van der Waals surface area contributed by atoms with Gasteiger partial charge in [0.1, 0.15) is 17.1 Å². The molecule has 1 N–H and O–H groups in total. The maximum atomic E-state index is 13.0. The molecule has 0 amide bonds. The summed E-state index contributed by atoms with van der Waals surface area (Å²) in [5, 5.41) is 8.93. The van der Waals surface area contributed by atoms with Gasteiger partial charge in [-0.25, -0.2) is 9.18 Å². The van der Waals surface area contributed by atoms with E-state index in [9.17, 15) is 9.18 Å². The topological polar surface area (TPSA) is 46.5 Å². The van der Waals surface area contributed by atoms with Crippen LogP contribution in [0, 0.1) is 15.3 Å². The van der Waals surface area contributed by atoms with Crippen LogP contribution in [0.3, 0.4) is 0 Å². The molecule has 0 aliphatic rings. The molecule has 0 bridgehead atoms. The van der Waals surface area contributed by atoms with Crippen LogP contribution in [-0.2, 0) is 0 Å². The Hall–Kier alpha value is -0.850. The van der Waals surface area contributed by atoms with E-state index in [4.69, 9.17) is 9.84 Å². The molecule has 1 aromatic carbocycles. The van der Waals surface area contributed by atoms with Crippen molar-refractivity contribution in [2.45, 2.75) is 13.8 Å². The molecule has 3 nitrogen and oxygen atoms in total. The number of aromatic carboxylic acids is 1. The van der Waals surface area contributed by atoms with Crippen LogP contribution in [0.4, 0.5) is 4.39 Å². The van der Waals surface area contributed by atoms with Crippen LogP contribution in [0.1, 0.15) is 24.2 Å². The van der Waals surface area contributed by atoms with Crippen LogP contribution >= 0.6 is 22.6 Å². The lowest BCUT2D eigenvalue weighted by Gasteiger charge is -2.13. The highest BCUT2D eigenvalue weighted by atomic mass is 127. The van der Waals surface area contributed by atoms with E-state index in [1.54, 1.807) is 0 Å². The molecule has 0 atom stereocenters. The number of hydrogen-bond acceptors (Lipinski definition) is 2. The second-order valence-electron chi connectivity index (χ2n) is 3.77. The molecule has 0 spiro atoms. The third-order valence-corrected chi connectivity index (χ3v) is 2.60. The average molecular weight is 338 g/mol. The highest BCUT2D eigenvalue weighted by Gasteiger charge is 2.17. The van der Waals surface area contributed by atoms with E-state index in [-0.39, 0.29) is 17.2 Å². The summed E-state index contributed by atoms with van der Waals surface area (Å²) in [4.78, 5) is 10.9. The van der Waals surface area contributed by atoms with E-state index in [1.807, 2.05) is 36.4 Å². The Morgan fingerprint density at radius 2 is 2.19 bits per heavy atom. The van der Waals surface area contributed by atoms with Crippen LogP contribution in [-0.4, -0.2) is 17.7 Å². The Morgan fingerprint density at radius 3 is 2.69 bits per heavy atom. The summed E-state index contributed by atoms with van der Waals surface area (Å²) >= 11 is 1.86. The number of carboxylic acid groups (broad SMARTS) is 1. The van der Waals surface area contributed by atoms with Crippen molar-refractivity contribution < 1.29 is 19.0 Å². The first-order valence-electron chi connectivity index (χ1n) is 4.77. The first-order chi connectivity index (χ1) is 7.41. The number of hydrogen-bond donors (Lipinski definition) is 1. The van der Waals surface area contributed by atoms with Crippen LogP contribution in [0.2, 0.25) is 0 Å². The lowest BCUT2D eigenvalue weighted by Crippen LogP contribution is -2.10. The second kappa shape index (κ2) is 5.47. The molecular formula is C11H12FIO3. The minimum atomic E-state index is -1.18. The van der Waals surface area contributed by atoms with Gasteiger partial charge in [-0.05, 0) is 40.6 Å². The van der Waals surface area contributed by atoms with Crippen LogP contribution < -0.4 is 4.74 Å². The maximum absolute atomic E-state index is 13.0. The molecule has 1 rings (SSSR count). The van der Waals surface area contributed by atoms with Gasteiger partial charge in [0.25, 0.3) is 0 Å². The van der Waals surface area contributed by atoms with Crippen molar-refractivity contribution >= 4 is 28.6 Å². The molecule has 0 heterocycles. The van der Waals surface area contributed by atoms with Crippen molar-refractivity contribution in [2.24, 2.45) is 5.92 Å². The third-order valence-electron chi connectivity index (χ3n) is 1.80. The van der Waals surface area contributed by atoms with E-state index in [1.165, 1.54) is 6.07 Å². The highest BCUT2D eigenvalue weighted by molar-refractivity contribution is 14.1. The smallest absolute Gasteiger partial charge is 0.339 e. The molecule has 16 heavy (non-hydrogen) atoms. The van der Waals surface area contributed by atoms with Gasteiger partial charge in [-0.3, -0.25) is 0 Å². The Bertz CT molecular complexity index is 404. The fraction of sp³-hybridized carbons (Fsp3) is 0.364. The number of halogens is 2. The lowest BCUT2D eigenvalue weighted by molar-refractivity contribution is 0.0690. The zero-order valence-corrected chi connectivity index (χ0v) is 11.1. The van der Waals surface area contributed by atoms with Crippen molar-refractivity contribution in [3.05, 3.63) is 27.1 Å². The molecule has 5 heteroatoms.